The third-order valence-corrected chi connectivity index (χ3v) is 3.31. The second-order valence-electron chi connectivity index (χ2n) is 4.59. The first-order valence-corrected chi connectivity index (χ1v) is 7.19. The molecule has 8 heteroatoms. The quantitative estimate of drug-likeness (QED) is 0.392. The number of rotatable bonds is 5. The van der Waals surface area contributed by atoms with E-state index >= 15 is 0 Å². The molecule has 0 radical (unpaired) electrons. The van der Waals surface area contributed by atoms with Gasteiger partial charge in [-0.3, -0.25) is 4.68 Å². The summed E-state index contributed by atoms with van der Waals surface area (Å²) >= 11 is 11.8. The smallest absolute Gasteiger partial charge is 0.336 e. The van der Waals surface area contributed by atoms with Gasteiger partial charge in [0.25, 0.3) is 0 Å². The summed E-state index contributed by atoms with van der Waals surface area (Å²) in [6.07, 6.45) is 3.68. The standard InChI is InChI=1S/C14H14Cl2N4O2/c1-9-7-18-20(8-9)5-4-13(21)22-19-14(17)11-3-2-10(15)6-12(11)16/h2-3,6-8H,4-5H2,1H3,(H2,17,19). The zero-order valence-electron chi connectivity index (χ0n) is 11.8. The molecule has 0 amide bonds. The molecule has 0 aliphatic heterocycles. The van der Waals surface area contributed by atoms with E-state index in [4.69, 9.17) is 33.8 Å². The maximum absolute atomic E-state index is 11.6. The maximum Gasteiger partial charge on any atom is 0.336 e. The van der Waals surface area contributed by atoms with E-state index in [1.807, 2.05) is 13.1 Å². The van der Waals surface area contributed by atoms with Crippen molar-refractivity contribution in [1.82, 2.24) is 9.78 Å². The van der Waals surface area contributed by atoms with Gasteiger partial charge in [-0.25, -0.2) is 4.79 Å². The van der Waals surface area contributed by atoms with Crippen LogP contribution < -0.4 is 5.73 Å². The molecule has 0 fully saturated rings. The first kappa shape index (κ1) is 16.3. The Morgan fingerprint density at radius 2 is 2.23 bits per heavy atom. The van der Waals surface area contributed by atoms with E-state index in [-0.39, 0.29) is 12.3 Å². The summed E-state index contributed by atoms with van der Waals surface area (Å²) in [6.45, 7) is 2.33. The molecular weight excluding hydrogens is 327 g/mol. The van der Waals surface area contributed by atoms with Crippen molar-refractivity contribution in [2.45, 2.75) is 19.9 Å². The van der Waals surface area contributed by atoms with Crippen LogP contribution in [0.25, 0.3) is 0 Å². The summed E-state index contributed by atoms with van der Waals surface area (Å²) in [5.74, 6) is -0.508. The molecule has 0 spiro atoms. The molecule has 0 aliphatic carbocycles. The van der Waals surface area contributed by atoms with E-state index < -0.39 is 5.97 Å². The van der Waals surface area contributed by atoms with Crippen molar-refractivity contribution in [3.63, 3.8) is 0 Å². The molecule has 116 valence electrons. The van der Waals surface area contributed by atoms with Crippen LogP contribution in [0.1, 0.15) is 17.5 Å². The number of oxime groups is 1. The van der Waals surface area contributed by atoms with E-state index in [9.17, 15) is 4.79 Å². The number of nitrogens with two attached hydrogens (primary N) is 1. The zero-order valence-corrected chi connectivity index (χ0v) is 13.3. The van der Waals surface area contributed by atoms with Gasteiger partial charge in [-0.05, 0) is 30.7 Å². The molecule has 0 saturated carbocycles. The van der Waals surface area contributed by atoms with E-state index in [0.717, 1.165) is 5.56 Å². The number of aryl methyl sites for hydroxylation is 2. The lowest BCUT2D eigenvalue weighted by atomic mass is 10.2. The fraction of sp³-hybridized carbons (Fsp3) is 0.214. The van der Waals surface area contributed by atoms with Crippen molar-refractivity contribution in [1.29, 1.82) is 0 Å². The van der Waals surface area contributed by atoms with Gasteiger partial charge in [-0.1, -0.05) is 28.4 Å². The number of aromatic nitrogens is 2. The van der Waals surface area contributed by atoms with E-state index in [1.165, 1.54) is 6.07 Å². The first-order valence-electron chi connectivity index (χ1n) is 6.43. The summed E-state index contributed by atoms with van der Waals surface area (Å²) < 4.78 is 1.65. The molecule has 1 aromatic heterocycles. The largest absolute Gasteiger partial charge is 0.380 e. The van der Waals surface area contributed by atoms with Gasteiger partial charge in [0.1, 0.15) is 0 Å². The number of nitrogens with zero attached hydrogens (tertiary/aromatic N) is 3. The zero-order chi connectivity index (χ0) is 16.1. The highest BCUT2D eigenvalue weighted by atomic mass is 35.5. The minimum Gasteiger partial charge on any atom is -0.380 e. The number of halogens is 2. The molecule has 2 aromatic rings. The van der Waals surface area contributed by atoms with E-state index in [2.05, 4.69) is 10.3 Å². The summed E-state index contributed by atoms with van der Waals surface area (Å²) in [4.78, 5) is 16.4. The Morgan fingerprint density at radius 3 is 2.86 bits per heavy atom. The summed E-state index contributed by atoms with van der Waals surface area (Å²) in [5, 5.41) is 8.47. The minimum absolute atomic E-state index is 0.00458. The highest BCUT2D eigenvalue weighted by Crippen LogP contribution is 2.20. The number of carbonyl (C=O) groups excluding carboxylic acids is 1. The van der Waals surface area contributed by atoms with Crippen LogP contribution in [0.5, 0.6) is 0 Å². The Morgan fingerprint density at radius 1 is 1.45 bits per heavy atom. The van der Waals surface area contributed by atoms with Crippen LogP contribution in [0.3, 0.4) is 0 Å². The highest BCUT2D eigenvalue weighted by Gasteiger charge is 2.08. The molecule has 22 heavy (non-hydrogen) atoms. The average Bonchev–Trinajstić information content (AvgIpc) is 2.88. The molecule has 2 rings (SSSR count). The predicted octanol–water partition coefficient (Wildman–Crippen LogP) is 2.75. The molecule has 2 N–H and O–H groups in total. The fourth-order valence-electron chi connectivity index (χ4n) is 1.69. The Labute approximate surface area is 137 Å². The first-order chi connectivity index (χ1) is 10.5. The number of hydrogen-bond donors (Lipinski definition) is 1. The lowest BCUT2D eigenvalue weighted by molar-refractivity contribution is -0.143. The van der Waals surface area contributed by atoms with Crippen LogP contribution in [0.4, 0.5) is 0 Å². The van der Waals surface area contributed by atoms with Crippen LogP contribution in [0, 0.1) is 6.92 Å². The Bertz CT molecular complexity index is 713. The van der Waals surface area contributed by atoms with Gasteiger partial charge in [0.15, 0.2) is 5.84 Å². The number of hydrogen-bond acceptors (Lipinski definition) is 4. The number of carbonyl (C=O) groups is 1. The predicted molar refractivity (Wildman–Crippen MR) is 84.9 cm³/mol. The van der Waals surface area contributed by atoms with Crippen molar-refractivity contribution >= 4 is 35.0 Å². The summed E-state index contributed by atoms with van der Waals surface area (Å²) in [6, 6.07) is 4.75. The molecule has 0 saturated heterocycles. The van der Waals surface area contributed by atoms with Gasteiger partial charge in [0, 0.05) is 16.8 Å². The third kappa shape index (κ3) is 4.47. The van der Waals surface area contributed by atoms with E-state index in [0.29, 0.717) is 22.2 Å². The van der Waals surface area contributed by atoms with Crippen LogP contribution in [-0.2, 0) is 16.2 Å². The highest BCUT2D eigenvalue weighted by molar-refractivity contribution is 6.36. The van der Waals surface area contributed by atoms with Crippen molar-refractivity contribution in [3.8, 4) is 0 Å². The summed E-state index contributed by atoms with van der Waals surface area (Å²) in [7, 11) is 0. The molecule has 0 bridgehead atoms. The summed E-state index contributed by atoms with van der Waals surface area (Å²) in [5.41, 5.74) is 7.20. The Balaban J connectivity index is 1.91. The second-order valence-corrected chi connectivity index (χ2v) is 5.44. The minimum atomic E-state index is -0.513. The Kier molecular flexibility index (Phi) is 5.41. The van der Waals surface area contributed by atoms with Crippen LogP contribution >= 0.6 is 23.2 Å². The van der Waals surface area contributed by atoms with Crippen LogP contribution in [-0.4, -0.2) is 21.6 Å². The lowest BCUT2D eigenvalue weighted by Crippen LogP contribution is -2.16. The van der Waals surface area contributed by atoms with Crippen molar-refractivity contribution in [2.75, 3.05) is 0 Å². The van der Waals surface area contributed by atoms with Crippen LogP contribution in [0.2, 0.25) is 10.0 Å². The monoisotopic (exact) mass is 340 g/mol. The second kappa shape index (κ2) is 7.29. The lowest BCUT2D eigenvalue weighted by Gasteiger charge is -2.04. The van der Waals surface area contributed by atoms with Gasteiger partial charge in [0.2, 0.25) is 0 Å². The molecule has 0 atom stereocenters. The van der Waals surface area contributed by atoms with Crippen molar-refractivity contribution < 1.29 is 9.63 Å². The molecule has 1 heterocycles. The molecular formula is C14H14Cl2N4O2. The molecule has 1 aromatic carbocycles. The Hall–Kier alpha value is -2.05. The fourth-order valence-corrected chi connectivity index (χ4v) is 2.19. The van der Waals surface area contributed by atoms with Gasteiger partial charge < -0.3 is 10.6 Å². The van der Waals surface area contributed by atoms with Crippen molar-refractivity contribution in [3.05, 3.63) is 51.8 Å². The van der Waals surface area contributed by atoms with Gasteiger partial charge >= 0.3 is 5.97 Å². The molecule has 0 aliphatic rings. The molecule has 6 nitrogen and oxygen atoms in total. The van der Waals surface area contributed by atoms with Crippen LogP contribution in [0.15, 0.2) is 35.7 Å². The average molecular weight is 341 g/mol. The maximum atomic E-state index is 11.6. The third-order valence-electron chi connectivity index (χ3n) is 2.76. The SMILES string of the molecule is Cc1cnn(CCC(=O)O/N=C(\N)c2ccc(Cl)cc2Cl)c1. The number of amidine groups is 1. The van der Waals surface area contributed by atoms with Gasteiger partial charge in [-0.2, -0.15) is 5.10 Å². The normalized spacial score (nSPS) is 11.5. The van der Waals surface area contributed by atoms with Gasteiger partial charge in [0.05, 0.1) is 24.2 Å². The molecule has 0 unspecified atom stereocenters. The van der Waals surface area contributed by atoms with E-state index in [1.54, 1.807) is 23.0 Å². The number of benzene rings is 1. The topological polar surface area (TPSA) is 82.5 Å². The van der Waals surface area contributed by atoms with Crippen molar-refractivity contribution in [2.24, 2.45) is 10.9 Å². The van der Waals surface area contributed by atoms with Gasteiger partial charge in [-0.15, -0.1) is 0 Å².